The molecule has 0 saturated carbocycles. The summed E-state index contributed by atoms with van der Waals surface area (Å²) in [7, 11) is 2.28. The van der Waals surface area contributed by atoms with Crippen LogP contribution in [-0.4, -0.2) is 20.6 Å². The van der Waals surface area contributed by atoms with Gasteiger partial charge in [0, 0.05) is 0 Å². The molecule has 0 N–H and O–H groups in total. The van der Waals surface area contributed by atoms with Crippen molar-refractivity contribution >= 4 is 25.1 Å². The normalized spacial score (nSPS) is 13.4. The van der Waals surface area contributed by atoms with Gasteiger partial charge in [0.2, 0.25) is 0 Å². The van der Waals surface area contributed by atoms with Crippen LogP contribution in [0.3, 0.4) is 0 Å². The first-order valence-electron chi connectivity index (χ1n) is 1.79. The summed E-state index contributed by atoms with van der Waals surface area (Å²) in [5.74, 6) is 0. The van der Waals surface area contributed by atoms with E-state index in [4.69, 9.17) is 4.52 Å². The fourth-order valence-electron chi connectivity index (χ4n) is 0.213. The molecule has 1 aromatic rings. The molecule has 0 aliphatic carbocycles. The van der Waals surface area contributed by atoms with E-state index >= 15 is 0 Å². The van der Waals surface area contributed by atoms with E-state index in [0.29, 0.717) is 0 Å². The molecule has 0 radical (unpaired) electrons. The van der Waals surface area contributed by atoms with Gasteiger partial charge in [0.15, 0.2) is 0 Å². The van der Waals surface area contributed by atoms with E-state index in [1.165, 1.54) is 0 Å². The smallest absolute Gasteiger partial charge is 0.246 e. The van der Waals surface area contributed by atoms with Gasteiger partial charge in [0.1, 0.15) is 0 Å². The van der Waals surface area contributed by atoms with Gasteiger partial charge in [0.05, 0.1) is 7.11 Å². The zero-order chi connectivity index (χ0) is 5.82. The SMILES string of the molecule is CO[p+]1npnpn1. The highest BCUT2D eigenvalue weighted by Crippen LogP contribution is 2.16. The number of rotatable bonds is 1. The first-order valence-corrected chi connectivity index (χ1v) is 4.56. The number of aromatic nitrogens is 3. The summed E-state index contributed by atoms with van der Waals surface area (Å²) in [6.07, 6.45) is 0. The van der Waals surface area contributed by atoms with Crippen LogP contribution in [0.25, 0.3) is 0 Å². The van der Waals surface area contributed by atoms with Crippen LogP contribution >= 0.6 is 25.1 Å². The molecule has 1 heterocycles. The third kappa shape index (κ3) is 1.65. The van der Waals surface area contributed by atoms with E-state index in [1.54, 1.807) is 7.11 Å². The van der Waals surface area contributed by atoms with Crippen molar-refractivity contribution in [1.82, 2.24) is 13.5 Å². The molecule has 0 amide bonds. The lowest BCUT2D eigenvalue weighted by molar-refractivity contribution is 0.547. The van der Waals surface area contributed by atoms with Crippen molar-refractivity contribution in [2.45, 2.75) is 0 Å². The van der Waals surface area contributed by atoms with Gasteiger partial charge in [-0.2, -0.15) is 0 Å². The standard InChI is InChI=1S/CH3N3OP3/c1-5-8-3-6-2-7-4-8/h1H3/q+1. The topological polar surface area (TPSA) is 47.9 Å². The average molecular weight is 166 g/mol. The van der Waals surface area contributed by atoms with Gasteiger partial charge in [-0.25, -0.2) is 4.52 Å². The molecule has 0 unspecified atom stereocenters. The van der Waals surface area contributed by atoms with Crippen LogP contribution in [0.4, 0.5) is 0 Å². The zero-order valence-electron chi connectivity index (χ0n) is 4.09. The molecule has 0 atom stereocenters. The zero-order valence-corrected chi connectivity index (χ0v) is 6.77. The minimum atomic E-state index is -0.838. The first-order chi connectivity index (χ1) is 3.93. The fraction of sp³-hybridized carbons (Fsp3) is 1.00. The van der Waals surface area contributed by atoms with Crippen molar-refractivity contribution < 1.29 is 4.52 Å². The molecule has 1 rings (SSSR count). The van der Waals surface area contributed by atoms with Crippen molar-refractivity contribution in [1.29, 1.82) is 0 Å². The maximum Gasteiger partial charge on any atom is 0.353 e. The van der Waals surface area contributed by atoms with Crippen LogP contribution in [0, 0.1) is 0 Å². The molecule has 0 aliphatic heterocycles. The minimum absolute atomic E-state index is 0.756. The molecule has 0 saturated heterocycles. The Balaban J connectivity index is 2.83. The van der Waals surface area contributed by atoms with Crippen LogP contribution in [0.2, 0.25) is 0 Å². The van der Waals surface area contributed by atoms with E-state index in [2.05, 4.69) is 13.5 Å². The molecule has 0 bridgehead atoms. The molecule has 1 aromatic heterocycles. The molecule has 0 fully saturated rings. The predicted octanol–water partition coefficient (Wildman–Crippen LogP) is 1.36. The van der Waals surface area contributed by atoms with Gasteiger partial charge in [-0.05, 0) is 13.5 Å². The van der Waals surface area contributed by atoms with Crippen molar-refractivity contribution in [2.75, 3.05) is 7.11 Å². The molecule has 8 heavy (non-hydrogen) atoms. The summed E-state index contributed by atoms with van der Waals surface area (Å²) in [6.45, 7) is 0. The monoisotopic (exact) mass is 166 g/mol. The fourth-order valence-corrected chi connectivity index (χ4v) is 2.88. The van der Waals surface area contributed by atoms with Crippen molar-refractivity contribution in [3.63, 3.8) is 0 Å². The summed E-state index contributed by atoms with van der Waals surface area (Å²) in [5, 5.41) is 0. The lowest BCUT2D eigenvalue weighted by Crippen LogP contribution is -1.78. The first kappa shape index (κ1) is 6.38. The molecule has 0 aliphatic rings. The Morgan fingerprint density at radius 3 is 2.38 bits per heavy atom. The van der Waals surface area contributed by atoms with Crippen LogP contribution in [0.1, 0.15) is 0 Å². The Labute approximate surface area is 51.1 Å². The number of nitrogens with zero attached hydrogens (tertiary/aromatic N) is 3. The highest BCUT2D eigenvalue weighted by Gasteiger charge is 1.98. The highest BCUT2D eigenvalue weighted by molar-refractivity contribution is 7.50. The Kier molecular flexibility index (Phi) is 2.65. The maximum absolute atomic E-state index is 4.85. The summed E-state index contributed by atoms with van der Waals surface area (Å²) in [5.41, 5.74) is 0. The quantitative estimate of drug-likeness (QED) is 0.631. The number of hydrogen-bond donors (Lipinski definition) is 0. The Morgan fingerprint density at radius 2 is 2.00 bits per heavy atom. The summed E-state index contributed by atoms with van der Waals surface area (Å²) < 4.78 is 16.5. The Morgan fingerprint density at radius 1 is 1.38 bits per heavy atom. The molecular weight excluding hydrogens is 163 g/mol. The molecule has 0 spiro atoms. The lowest BCUT2D eigenvalue weighted by Gasteiger charge is -1.76. The van der Waals surface area contributed by atoms with E-state index < -0.39 is 8.08 Å². The van der Waals surface area contributed by atoms with Crippen molar-refractivity contribution in [3.05, 3.63) is 0 Å². The summed E-state index contributed by atoms with van der Waals surface area (Å²) >= 11 is 0. The molecule has 42 valence electrons. The average Bonchev–Trinajstić information content (AvgIpc) is 1.90. The third-order valence-corrected chi connectivity index (χ3v) is 3.31. The lowest BCUT2D eigenvalue weighted by atomic mass is 11.8. The summed E-state index contributed by atoms with van der Waals surface area (Å²) in [6, 6.07) is 0. The Hall–Kier alpha value is 0.260. The van der Waals surface area contributed by atoms with Gasteiger partial charge >= 0.3 is 25.1 Å². The van der Waals surface area contributed by atoms with Gasteiger partial charge in [-0.15, -0.1) is 0 Å². The largest absolute Gasteiger partial charge is 0.353 e. The van der Waals surface area contributed by atoms with Gasteiger partial charge < -0.3 is 0 Å². The second-order valence-corrected chi connectivity index (χ2v) is 4.26. The van der Waals surface area contributed by atoms with E-state index in [0.717, 1.165) is 17.0 Å². The van der Waals surface area contributed by atoms with Crippen LogP contribution in [0.15, 0.2) is 0 Å². The van der Waals surface area contributed by atoms with Crippen LogP contribution in [-0.2, 0) is 0 Å². The van der Waals surface area contributed by atoms with Gasteiger partial charge in [0.25, 0.3) is 0 Å². The van der Waals surface area contributed by atoms with Crippen LogP contribution < -0.4 is 4.52 Å². The third-order valence-electron chi connectivity index (χ3n) is 0.476. The number of hydrogen-bond acceptors (Lipinski definition) is 4. The minimum Gasteiger partial charge on any atom is -0.246 e. The predicted molar refractivity (Wildman–Crippen MR) is 34.5 cm³/mol. The molecular formula is CH3N3OP3+. The van der Waals surface area contributed by atoms with E-state index in [1.807, 2.05) is 0 Å². The highest BCUT2D eigenvalue weighted by atomic mass is 31.2. The van der Waals surface area contributed by atoms with Gasteiger partial charge in [-0.3, -0.25) is 0 Å². The summed E-state index contributed by atoms with van der Waals surface area (Å²) in [4.78, 5) is 0. The Bertz CT molecular complexity index is 156. The van der Waals surface area contributed by atoms with Crippen molar-refractivity contribution in [2.24, 2.45) is 0 Å². The van der Waals surface area contributed by atoms with E-state index in [-0.39, 0.29) is 0 Å². The molecule has 7 heteroatoms. The molecule has 0 aromatic carbocycles. The van der Waals surface area contributed by atoms with E-state index in [9.17, 15) is 0 Å². The maximum atomic E-state index is 4.85. The van der Waals surface area contributed by atoms with Crippen LogP contribution in [0.5, 0.6) is 0 Å². The second kappa shape index (κ2) is 3.32. The van der Waals surface area contributed by atoms with Gasteiger partial charge in [-0.1, -0.05) is 0 Å². The molecule has 4 nitrogen and oxygen atoms in total. The second-order valence-electron chi connectivity index (χ2n) is 0.883. The van der Waals surface area contributed by atoms with Crippen molar-refractivity contribution in [3.8, 4) is 0 Å².